The summed E-state index contributed by atoms with van der Waals surface area (Å²) in [6.45, 7) is 0.554. The SMILES string of the molecule is O=C(O)c1ccn(CCSc2ccccc2)c(=O)c1. The average molecular weight is 275 g/mol. The van der Waals surface area contributed by atoms with Crippen molar-refractivity contribution in [2.45, 2.75) is 11.4 Å². The van der Waals surface area contributed by atoms with Gasteiger partial charge in [0.1, 0.15) is 0 Å². The number of carboxylic acids is 1. The van der Waals surface area contributed by atoms with Gasteiger partial charge in [-0.25, -0.2) is 4.79 Å². The number of rotatable bonds is 5. The molecule has 0 atom stereocenters. The van der Waals surface area contributed by atoms with Gasteiger partial charge in [-0.15, -0.1) is 11.8 Å². The van der Waals surface area contributed by atoms with E-state index in [9.17, 15) is 9.59 Å². The highest BCUT2D eigenvalue weighted by atomic mass is 32.2. The second kappa shape index (κ2) is 6.24. The number of pyridine rings is 1. The molecule has 0 spiro atoms. The highest BCUT2D eigenvalue weighted by Crippen LogP contribution is 2.16. The molecule has 4 nitrogen and oxygen atoms in total. The molecular weight excluding hydrogens is 262 g/mol. The first-order chi connectivity index (χ1) is 9.16. The molecule has 19 heavy (non-hydrogen) atoms. The molecule has 1 aromatic heterocycles. The first-order valence-corrected chi connectivity index (χ1v) is 6.77. The second-order valence-corrected chi connectivity index (χ2v) is 5.08. The van der Waals surface area contributed by atoms with Crippen LogP contribution < -0.4 is 5.56 Å². The Morgan fingerprint density at radius 3 is 2.58 bits per heavy atom. The molecule has 0 saturated heterocycles. The fraction of sp³-hybridized carbons (Fsp3) is 0.143. The third kappa shape index (κ3) is 3.72. The van der Waals surface area contributed by atoms with E-state index in [4.69, 9.17) is 5.11 Å². The van der Waals surface area contributed by atoms with Crippen LogP contribution in [-0.2, 0) is 6.54 Å². The van der Waals surface area contributed by atoms with E-state index < -0.39 is 5.97 Å². The molecule has 0 amide bonds. The van der Waals surface area contributed by atoms with E-state index in [1.165, 1.54) is 16.8 Å². The molecule has 2 rings (SSSR count). The first-order valence-electron chi connectivity index (χ1n) is 5.78. The van der Waals surface area contributed by atoms with Crippen molar-refractivity contribution in [3.05, 3.63) is 64.6 Å². The van der Waals surface area contributed by atoms with Gasteiger partial charge in [0.2, 0.25) is 0 Å². The van der Waals surface area contributed by atoms with Crippen molar-refractivity contribution in [2.75, 3.05) is 5.75 Å². The topological polar surface area (TPSA) is 59.3 Å². The number of benzene rings is 1. The van der Waals surface area contributed by atoms with Crippen LogP contribution in [0.25, 0.3) is 0 Å². The third-order valence-corrected chi connectivity index (χ3v) is 3.58. The zero-order valence-corrected chi connectivity index (χ0v) is 11.0. The van der Waals surface area contributed by atoms with Gasteiger partial charge >= 0.3 is 5.97 Å². The van der Waals surface area contributed by atoms with Gasteiger partial charge in [0, 0.05) is 29.5 Å². The van der Waals surface area contributed by atoms with Crippen LogP contribution in [-0.4, -0.2) is 21.4 Å². The molecule has 5 heteroatoms. The number of carboxylic acid groups (broad SMARTS) is 1. The van der Waals surface area contributed by atoms with Gasteiger partial charge in [0.15, 0.2) is 0 Å². The van der Waals surface area contributed by atoms with Crippen molar-refractivity contribution in [3.63, 3.8) is 0 Å². The maximum Gasteiger partial charge on any atom is 0.335 e. The lowest BCUT2D eigenvalue weighted by Crippen LogP contribution is -2.21. The predicted molar refractivity (Wildman–Crippen MR) is 74.8 cm³/mol. The fourth-order valence-electron chi connectivity index (χ4n) is 1.60. The zero-order valence-electron chi connectivity index (χ0n) is 10.2. The van der Waals surface area contributed by atoms with E-state index >= 15 is 0 Å². The standard InChI is InChI=1S/C14H13NO3S/c16-13-10-11(14(17)18)6-7-15(13)8-9-19-12-4-2-1-3-5-12/h1-7,10H,8-9H2,(H,17,18). The second-order valence-electron chi connectivity index (χ2n) is 3.91. The van der Waals surface area contributed by atoms with Gasteiger partial charge in [0.05, 0.1) is 5.56 Å². The number of aromatic carboxylic acids is 1. The largest absolute Gasteiger partial charge is 0.478 e. The number of hydrogen-bond acceptors (Lipinski definition) is 3. The quantitative estimate of drug-likeness (QED) is 0.851. The lowest BCUT2D eigenvalue weighted by Gasteiger charge is -2.05. The summed E-state index contributed by atoms with van der Waals surface area (Å²) in [5.41, 5.74) is -0.259. The van der Waals surface area contributed by atoms with Gasteiger partial charge in [-0.05, 0) is 18.2 Å². The van der Waals surface area contributed by atoms with Crippen LogP contribution in [0.5, 0.6) is 0 Å². The Hall–Kier alpha value is -2.01. The molecule has 0 saturated carbocycles. The van der Waals surface area contributed by atoms with Crippen LogP contribution in [0.1, 0.15) is 10.4 Å². The van der Waals surface area contributed by atoms with Gasteiger partial charge in [-0.1, -0.05) is 18.2 Å². The molecule has 0 aliphatic carbocycles. The van der Waals surface area contributed by atoms with Crippen LogP contribution in [0.4, 0.5) is 0 Å². The molecule has 0 bridgehead atoms. The van der Waals surface area contributed by atoms with E-state index in [-0.39, 0.29) is 11.1 Å². The Morgan fingerprint density at radius 2 is 1.95 bits per heavy atom. The van der Waals surface area contributed by atoms with E-state index in [0.717, 1.165) is 16.7 Å². The number of carbonyl (C=O) groups is 1. The monoisotopic (exact) mass is 275 g/mol. The molecule has 0 aliphatic rings. The highest BCUT2D eigenvalue weighted by Gasteiger charge is 2.04. The minimum Gasteiger partial charge on any atom is -0.478 e. The molecular formula is C14H13NO3S. The Bertz CT molecular complexity index is 622. The van der Waals surface area contributed by atoms with Crippen molar-refractivity contribution < 1.29 is 9.90 Å². The van der Waals surface area contributed by atoms with E-state index in [1.54, 1.807) is 11.8 Å². The summed E-state index contributed by atoms with van der Waals surface area (Å²) in [5.74, 6) is -0.320. The van der Waals surface area contributed by atoms with Gasteiger partial charge in [-0.3, -0.25) is 4.79 Å². The van der Waals surface area contributed by atoms with Gasteiger partial charge < -0.3 is 9.67 Å². The van der Waals surface area contributed by atoms with Gasteiger partial charge in [-0.2, -0.15) is 0 Å². The molecule has 1 N–H and O–H groups in total. The number of aromatic nitrogens is 1. The maximum absolute atomic E-state index is 11.7. The summed E-state index contributed by atoms with van der Waals surface area (Å²) in [7, 11) is 0. The predicted octanol–water partition coefficient (Wildman–Crippen LogP) is 2.34. The summed E-state index contributed by atoms with van der Waals surface area (Å²) in [6, 6.07) is 12.5. The van der Waals surface area contributed by atoms with Crippen LogP contribution in [0.3, 0.4) is 0 Å². The number of hydrogen-bond donors (Lipinski definition) is 1. The molecule has 0 fully saturated rings. The van der Waals surface area contributed by atoms with Crippen molar-refractivity contribution in [3.8, 4) is 0 Å². The van der Waals surface area contributed by atoms with E-state index in [1.807, 2.05) is 30.3 Å². The number of aryl methyl sites for hydroxylation is 1. The summed E-state index contributed by atoms with van der Waals surface area (Å²) in [6.07, 6.45) is 1.53. The molecule has 0 radical (unpaired) electrons. The smallest absolute Gasteiger partial charge is 0.335 e. The zero-order chi connectivity index (χ0) is 13.7. The summed E-state index contributed by atoms with van der Waals surface area (Å²) < 4.78 is 1.52. The lowest BCUT2D eigenvalue weighted by molar-refractivity contribution is 0.0696. The Morgan fingerprint density at radius 1 is 1.21 bits per heavy atom. The number of thioether (sulfide) groups is 1. The van der Waals surface area contributed by atoms with E-state index in [0.29, 0.717) is 6.54 Å². The van der Waals surface area contributed by atoms with Crippen molar-refractivity contribution in [1.82, 2.24) is 4.57 Å². The van der Waals surface area contributed by atoms with Crippen LogP contribution >= 0.6 is 11.8 Å². The van der Waals surface area contributed by atoms with Crippen LogP contribution in [0, 0.1) is 0 Å². The van der Waals surface area contributed by atoms with E-state index in [2.05, 4.69) is 0 Å². The van der Waals surface area contributed by atoms with Gasteiger partial charge in [0.25, 0.3) is 5.56 Å². The van der Waals surface area contributed by atoms with Crippen molar-refractivity contribution in [2.24, 2.45) is 0 Å². The van der Waals surface area contributed by atoms with Crippen LogP contribution in [0.15, 0.2) is 58.4 Å². The van der Waals surface area contributed by atoms with Crippen molar-refractivity contribution in [1.29, 1.82) is 0 Å². The molecule has 0 unspecified atom stereocenters. The lowest BCUT2D eigenvalue weighted by atomic mass is 10.3. The Kier molecular flexibility index (Phi) is 4.41. The minimum atomic E-state index is -1.08. The summed E-state index contributed by atoms with van der Waals surface area (Å²) >= 11 is 1.66. The Balaban J connectivity index is 1.97. The third-order valence-electron chi connectivity index (χ3n) is 2.59. The van der Waals surface area contributed by atoms with Crippen LogP contribution in [0.2, 0.25) is 0 Å². The normalized spacial score (nSPS) is 10.3. The summed E-state index contributed by atoms with van der Waals surface area (Å²) in [5, 5.41) is 8.77. The first kappa shape index (κ1) is 13.4. The molecule has 1 aromatic carbocycles. The molecule has 2 aromatic rings. The molecule has 1 heterocycles. The highest BCUT2D eigenvalue weighted by molar-refractivity contribution is 7.99. The van der Waals surface area contributed by atoms with Crippen molar-refractivity contribution >= 4 is 17.7 Å². The maximum atomic E-state index is 11.7. The summed E-state index contributed by atoms with van der Waals surface area (Å²) in [4.78, 5) is 23.5. The fourth-order valence-corrected chi connectivity index (χ4v) is 2.48. The minimum absolute atomic E-state index is 0.0250. The average Bonchev–Trinajstić information content (AvgIpc) is 2.41. The molecule has 0 aliphatic heterocycles. The number of nitrogens with zero attached hydrogens (tertiary/aromatic N) is 1. The molecule has 98 valence electrons. The Labute approximate surface area is 114 Å².